The molecule has 0 N–H and O–H groups in total. The van der Waals surface area contributed by atoms with Crippen molar-refractivity contribution >= 4 is 34.8 Å². The highest BCUT2D eigenvalue weighted by molar-refractivity contribution is 6.31. The molecule has 3 aromatic rings. The molecule has 3 aromatic carbocycles. The van der Waals surface area contributed by atoms with Crippen LogP contribution in [0.25, 0.3) is 0 Å². The predicted octanol–water partition coefficient (Wildman–Crippen LogP) is 7.92. The third-order valence-electron chi connectivity index (χ3n) is 4.54. The molecule has 0 radical (unpaired) electrons. The number of hydrogen-bond acceptors (Lipinski definition) is 1. The van der Waals surface area contributed by atoms with Crippen LogP contribution in [0.2, 0.25) is 15.1 Å². The fraction of sp³-hybridized carbons (Fsp3) is 0.167. The molecular formula is C24H21Cl3O. The van der Waals surface area contributed by atoms with E-state index in [2.05, 4.69) is 19.9 Å². The first-order chi connectivity index (χ1) is 13.4. The standard InChI is InChI=1S/C24H21Cl3O/c1-17(2)15-16-28-24(18-3-9-21(25)10-4-18,19-5-11-22(26)12-6-19)20-7-13-23(27)14-8-20/h3-15H,16H2,1-2H3. The topological polar surface area (TPSA) is 9.23 Å². The Morgan fingerprint density at radius 2 is 1.00 bits per heavy atom. The lowest BCUT2D eigenvalue weighted by atomic mass is 9.80. The molecule has 0 amide bonds. The number of rotatable bonds is 6. The first-order valence-corrected chi connectivity index (χ1v) is 10.1. The van der Waals surface area contributed by atoms with Gasteiger partial charge in [-0.25, -0.2) is 0 Å². The number of halogens is 3. The van der Waals surface area contributed by atoms with Crippen molar-refractivity contribution in [2.75, 3.05) is 6.61 Å². The van der Waals surface area contributed by atoms with E-state index in [0.717, 1.165) is 16.7 Å². The van der Waals surface area contributed by atoms with Gasteiger partial charge in [0.2, 0.25) is 0 Å². The molecule has 1 nitrogen and oxygen atoms in total. The van der Waals surface area contributed by atoms with Gasteiger partial charge in [-0.2, -0.15) is 0 Å². The van der Waals surface area contributed by atoms with Crippen molar-refractivity contribution < 1.29 is 4.74 Å². The predicted molar refractivity (Wildman–Crippen MR) is 120 cm³/mol. The first-order valence-electron chi connectivity index (χ1n) is 8.97. The van der Waals surface area contributed by atoms with Crippen molar-refractivity contribution in [2.45, 2.75) is 19.4 Å². The van der Waals surface area contributed by atoms with Gasteiger partial charge >= 0.3 is 0 Å². The molecule has 0 bridgehead atoms. The normalized spacial score (nSPS) is 11.3. The van der Waals surface area contributed by atoms with Crippen molar-refractivity contribution in [2.24, 2.45) is 0 Å². The summed E-state index contributed by atoms with van der Waals surface area (Å²) < 4.78 is 6.61. The van der Waals surface area contributed by atoms with Crippen LogP contribution in [0.5, 0.6) is 0 Å². The van der Waals surface area contributed by atoms with Gasteiger partial charge < -0.3 is 4.74 Å². The van der Waals surface area contributed by atoms with Crippen molar-refractivity contribution in [3.8, 4) is 0 Å². The Kier molecular flexibility index (Phi) is 6.85. The van der Waals surface area contributed by atoms with Gasteiger partial charge in [0.1, 0.15) is 5.60 Å². The minimum Gasteiger partial charge on any atom is -0.357 e. The van der Waals surface area contributed by atoms with Crippen molar-refractivity contribution in [1.82, 2.24) is 0 Å². The van der Waals surface area contributed by atoms with E-state index in [0.29, 0.717) is 21.7 Å². The average molecular weight is 432 g/mol. The smallest absolute Gasteiger partial charge is 0.144 e. The van der Waals surface area contributed by atoms with Crippen molar-refractivity contribution in [3.05, 3.63) is 116 Å². The number of hydrogen-bond donors (Lipinski definition) is 0. The van der Waals surface area contributed by atoms with E-state index in [1.165, 1.54) is 5.57 Å². The molecule has 0 spiro atoms. The second-order valence-electron chi connectivity index (χ2n) is 6.79. The Hall–Kier alpha value is -1.77. The second kappa shape index (κ2) is 9.15. The molecule has 0 saturated heterocycles. The Morgan fingerprint density at radius 3 is 1.29 bits per heavy atom. The van der Waals surface area contributed by atoms with Crippen molar-refractivity contribution in [3.63, 3.8) is 0 Å². The summed E-state index contributed by atoms with van der Waals surface area (Å²) in [6.07, 6.45) is 2.07. The Bertz CT molecular complexity index is 828. The molecular weight excluding hydrogens is 411 g/mol. The van der Waals surface area contributed by atoms with Crippen LogP contribution in [0.1, 0.15) is 30.5 Å². The van der Waals surface area contributed by atoms with Crippen LogP contribution in [0.3, 0.4) is 0 Å². The molecule has 0 fully saturated rings. The lowest BCUT2D eigenvalue weighted by molar-refractivity contribution is 0.0317. The lowest BCUT2D eigenvalue weighted by Crippen LogP contribution is -2.33. The zero-order valence-corrected chi connectivity index (χ0v) is 18.0. The van der Waals surface area contributed by atoms with E-state index in [1.54, 1.807) is 0 Å². The van der Waals surface area contributed by atoms with Gasteiger partial charge in [-0.05, 0) is 66.9 Å². The van der Waals surface area contributed by atoms with Crippen LogP contribution >= 0.6 is 34.8 Å². The van der Waals surface area contributed by atoms with Gasteiger partial charge in [0.15, 0.2) is 0 Å². The zero-order valence-electron chi connectivity index (χ0n) is 15.8. The third-order valence-corrected chi connectivity index (χ3v) is 5.30. The first kappa shape index (κ1) is 21.0. The van der Waals surface area contributed by atoms with Gasteiger partial charge in [0.05, 0.1) is 6.61 Å². The molecule has 0 aliphatic carbocycles. The third kappa shape index (κ3) is 4.61. The van der Waals surface area contributed by atoms with Gasteiger partial charge in [0, 0.05) is 15.1 Å². The summed E-state index contributed by atoms with van der Waals surface area (Å²) in [6.45, 7) is 4.56. The molecule has 0 aromatic heterocycles. The van der Waals surface area contributed by atoms with E-state index in [-0.39, 0.29) is 0 Å². The van der Waals surface area contributed by atoms with Crippen LogP contribution in [0, 0.1) is 0 Å². The van der Waals surface area contributed by atoms with Gasteiger partial charge in [-0.15, -0.1) is 0 Å². The quantitative estimate of drug-likeness (QED) is 0.284. The fourth-order valence-corrected chi connectivity index (χ4v) is 3.52. The lowest BCUT2D eigenvalue weighted by Gasteiger charge is -2.36. The van der Waals surface area contributed by atoms with Crippen LogP contribution in [0.4, 0.5) is 0 Å². The molecule has 0 heterocycles. The number of allylic oxidation sites excluding steroid dienone is 1. The molecule has 3 rings (SSSR count). The average Bonchev–Trinajstić information content (AvgIpc) is 2.68. The maximum atomic E-state index is 6.61. The van der Waals surface area contributed by atoms with Gasteiger partial charge in [-0.1, -0.05) is 82.9 Å². The highest BCUT2D eigenvalue weighted by Crippen LogP contribution is 2.41. The van der Waals surface area contributed by atoms with Crippen LogP contribution in [-0.4, -0.2) is 6.61 Å². The Morgan fingerprint density at radius 1 is 0.679 bits per heavy atom. The molecule has 4 heteroatoms. The van der Waals surface area contributed by atoms with Crippen LogP contribution < -0.4 is 0 Å². The summed E-state index contributed by atoms with van der Waals surface area (Å²) in [4.78, 5) is 0. The summed E-state index contributed by atoms with van der Waals surface area (Å²) in [7, 11) is 0. The minimum absolute atomic E-state index is 0.455. The van der Waals surface area contributed by atoms with E-state index in [1.807, 2.05) is 72.8 Å². The highest BCUT2D eigenvalue weighted by atomic mass is 35.5. The maximum Gasteiger partial charge on any atom is 0.144 e. The SMILES string of the molecule is CC(C)=CCOC(c1ccc(Cl)cc1)(c1ccc(Cl)cc1)c1ccc(Cl)cc1. The van der Waals surface area contributed by atoms with Gasteiger partial charge in [-0.3, -0.25) is 0 Å². The zero-order chi connectivity index (χ0) is 20.1. The van der Waals surface area contributed by atoms with Crippen molar-refractivity contribution in [1.29, 1.82) is 0 Å². The second-order valence-corrected chi connectivity index (χ2v) is 8.10. The molecule has 0 aliphatic heterocycles. The van der Waals surface area contributed by atoms with E-state index < -0.39 is 5.60 Å². The summed E-state index contributed by atoms with van der Waals surface area (Å²) in [5, 5.41) is 2.03. The largest absolute Gasteiger partial charge is 0.357 e. The summed E-state index contributed by atoms with van der Waals surface area (Å²) >= 11 is 18.5. The summed E-state index contributed by atoms with van der Waals surface area (Å²) in [6, 6.07) is 23.2. The van der Waals surface area contributed by atoms with E-state index >= 15 is 0 Å². The van der Waals surface area contributed by atoms with Crippen LogP contribution in [0.15, 0.2) is 84.4 Å². The van der Waals surface area contributed by atoms with E-state index in [9.17, 15) is 0 Å². The summed E-state index contributed by atoms with van der Waals surface area (Å²) in [5.74, 6) is 0. The fourth-order valence-electron chi connectivity index (χ4n) is 3.14. The molecule has 0 saturated carbocycles. The molecule has 0 unspecified atom stereocenters. The van der Waals surface area contributed by atoms with E-state index in [4.69, 9.17) is 39.5 Å². The van der Waals surface area contributed by atoms with Gasteiger partial charge in [0.25, 0.3) is 0 Å². The highest BCUT2D eigenvalue weighted by Gasteiger charge is 2.37. The molecule has 144 valence electrons. The maximum absolute atomic E-state index is 6.61. The Labute approximate surface area is 181 Å². The monoisotopic (exact) mass is 430 g/mol. The minimum atomic E-state index is -0.828. The number of benzene rings is 3. The van der Waals surface area contributed by atoms with Crippen LogP contribution in [-0.2, 0) is 10.3 Å². The molecule has 0 atom stereocenters. The molecule has 0 aliphatic rings. The summed E-state index contributed by atoms with van der Waals surface area (Å²) in [5.41, 5.74) is 3.29. The Balaban J connectivity index is 2.25. The molecule has 28 heavy (non-hydrogen) atoms. The number of ether oxygens (including phenoxy) is 1.